The van der Waals surface area contributed by atoms with Gasteiger partial charge in [0, 0.05) is 20.4 Å². The second kappa shape index (κ2) is 9.36. The number of nitrogens with zero attached hydrogens (tertiary/aromatic N) is 3. The smallest absolute Gasteiger partial charge is 0.308 e. The molecule has 160 valence electrons. The van der Waals surface area contributed by atoms with Gasteiger partial charge in [0.25, 0.3) is 0 Å². The van der Waals surface area contributed by atoms with E-state index in [2.05, 4.69) is 31.9 Å². The molecule has 0 fully saturated rings. The van der Waals surface area contributed by atoms with Gasteiger partial charge in [0.15, 0.2) is 5.76 Å². The first-order valence-corrected chi connectivity index (χ1v) is 10.2. The Hall–Kier alpha value is -2.78. The van der Waals surface area contributed by atoms with Gasteiger partial charge in [-0.2, -0.15) is 10.4 Å². The van der Waals surface area contributed by atoms with E-state index >= 15 is 0 Å². The van der Waals surface area contributed by atoms with E-state index < -0.39 is 12.3 Å². The quantitative estimate of drug-likeness (QED) is 0.266. The molecule has 1 aromatic carbocycles. The van der Waals surface area contributed by atoms with Crippen molar-refractivity contribution in [2.75, 3.05) is 0 Å². The number of aryl methyl sites for hydroxylation is 2. The Balaban J connectivity index is 2.63. The molecule has 1 aromatic heterocycles. The zero-order valence-electron chi connectivity index (χ0n) is 18.5. The van der Waals surface area contributed by atoms with Crippen LogP contribution in [0.1, 0.15) is 63.6 Å². The largest absolute Gasteiger partial charge is 0.451 e. The minimum absolute atomic E-state index is 0.0142. The van der Waals surface area contributed by atoms with E-state index in [9.17, 15) is 10.1 Å². The van der Waals surface area contributed by atoms with Crippen LogP contribution in [0.25, 0.3) is 11.3 Å². The Bertz CT molecular complexity index is 992. The van der Waals surface area contributed by atoms with Crippen molar-refractivity contribution >= 4 is 28.9 Å². The van der Waals surface area contributed by atoms with Crippen molar-refractivity contribution < 1.29 is 14.3 Å². The lowest BCUT2D eigenvalue weighted by molar-refractivity contribution is -0.163. The number of halogens is 1. The second-order valence-electron chi connectivity index (χ2n) is 8.04. The number of esters is 1. The third-order valence-corrected chi connectivity index (χ3v) is 5.07. The Morgan fingerprint density at radius 3 is 2.30 bits per heavy atom. The maximum atomic E-state index is 11.7. The number of hydrogen-bond donors (Lipinski definition) is 0. The summed E-state index contributed by atoms with van der Waals surface area (Å²) in [6.07, 6.45) is -0.687. The van der Waals surface area contributed by atoms with Crippen molar-refractivity contribution in [3.63, 3.8) is 0 Å². The molecule has 0 aliphatic rings. The average molecular weight is 430 g/mol. The highest BCUT2D eigenvalue weighted by Gasteiger charge is 2.25. The molecule has 0 saturated heterocycles. The molecule has 2 aromatic rings. The summed E-state index contributed by atoms with van der Waals surface area (Å²) in [7, 11) is 1.72. The average Bonchev–Trinajstić information content (AvgIpc) is 2.92. The van der Waals surface area contributed by atoms with Gasteiger partial charge < -0.3 is 9.47 Å². The number of allylic oxidation sites excluding steroid dienone is 1. The Kier molecular flexibility index (Phi) is 7.33. The predicted octanol–water partition coefficient (Wildman–Crippen LogP) is 5.39. The van der Waals surface area contributed by atoms with Gasteiger partial charge in [-0.25, -0.2) is 0 Å². The van der Waals surface area contributed by atoms with Gasteiger partial charge >= 0.3 is 5.97 Å². The van der Waals surface area contributed by atoms with Crippen LogP contribution in [0.2, 0.25) is 5.02 Å². The highest BCUT2D eigenvalue weighted by Crippen LogP contribution is 2.34. The third kappa shape index (κ3) is 5.22. The number of benzene rings is 1. The summed E-state index contributed by atoms with van der Waals surface area (Å²) >= 11 is 6.48. The lowest BCUT2D eigenvalue weighted by Gasteiger charge is -2.21. The number of nitriles is 1. The number of aromatic nitrogens is 2. The maximum Gasteiger partial charge on any atom is 0.308 e. The van der Waals surface area contributed by atoms with Crippen molar-refractivity contribution in [2.24, 2.45) is 7.05 Å². The van der Waals surface area contributed by atoms with E-state index in [-0.39, 0.29) is 23.2 Å². The minimum Gasteiger partial charge on any atom is -0.451 e. The summed E-state index contributed by atoms with van der Waals surface area (Å²) in [6, 6.07) is 9.95. The molecule has 6 nitrogen and oxygen atoms in total. The second-order valence-corrected chi connectivity index (χ2v) is 8.42. The molecular formula is C23H28ClN3O3. The molecule has 1 atom stereocenters. The van der Waals surface area contributed by atoms with Gasteiger partial charge in [-0.05, 0) is 23.5 Å². The van der Waals surface area contributed by atoms with Crippen molar-refractivity contribution in [1.29, 1.82) is 5.26 Å². The first-order chi connectivity index (χ1) is 14.0. The van der Waals surface area contributed by atoms with E-state index in [1.165, 1.54) is 0 Å². The summed E-state index contributed by atoms with van der Waals surface area (Å²) in [4.78, 5) is 11.7. The molecule has 1 heterocycles. The summed E-state index contributed by atoms with van der Waals surface area (Å²) in [6.45, 7) is 11.4. The monoisotopic (exact) mass is 429 g/mol. The molecule has 2 rings (SSSR count). The normalized spacial score (nSPS) is 13.3. The van der Waals surface area contributed by atoms with Crippen LogP contribution in [0.3, 0.4) is 0 Å². The summed E-state index contributed by atoms with van der Waals surface area (Å²) < 4.78 is 12.8. The lowest BCUT2D eigenvalue weighted by Crippen LogP contribution is -2.18. The zero-order valence-corrected chi connectivity index (χ0v) is 19.3. The number of hydrogen-bond acceptors (Lipinski definition) is 5. The van der Waals surface area contributed by atoms with Crippen molar-refractivity contribution in [1.82, 2.24) is 9.78 Å². The standard InChI is InChI=1S/C23H28ClN3O3/c1-8-19(28)29-15(3)30-22(21-20(24)14(2)26-27(21)7)18(13-25)16-9-11-17(12-10-16)23(4,5)6/h9-12,15H,8H2,1-7H3/b22-18-. The van der Waals surface area contributed by atoms with Gasteiger partial charge in [0.2, 0.25) is 6.29 Å². The van der Waals surface area contributed by atoms with E-state index in [1.807, 2.05) is 24.3 Å². The number of carbonyl (C=O) groups is 1. The van der Waals surface area contributed by atoms with E-state index in [0.29, 0.717) is 22.0 Å². The van der Waals surface area contributed by atoms with Crippen LogP contribution in [0, 0.1) is 18.3 Å². The van der Waals surface area contributed by atoms with Crippen LogP contribution in [-0.2, 0) is 26.7 Å². The lowest BCUT2D eigenvalue weighted by atomic mass is 9.86. The van der Waals surface area contributed by atoms with Crippen LogP contribution >= 0.6 is 11.6 Å². The van der Waals surface area contributed by atoms with Crippen LogP contribution in [-0.4, -0.2) is 22.0 Å². The molecular weight excluding hydrogens is 402 g/mol. The molecule has 0 radical (unpaired) electrons. The first kappa shape index (κ1) is 23.5. The molecule has 0 aliphatic carbocycles. The molecule has 0 N–H and O–H groups in total. The zero-order chi connectivity index (χ0) is 22.6. The summed E-state index contributed by atoms with van der Waals surface area (Å²) in [5.74, 6) is -0.187. The molecule has 0 saturated carbocycles. The first-order valence-electron chi connectivity index (χ1n) is 9.80. The summed E-state index contributed by atoms with van der Waals surface area (Å²) in [5.41, 5.74) is 3.13. The van der Waals surface area contributed by atoms with Crippen LogP contribution in [0.4, 0.5) is 0 Å². The third-order valence-electron chi connectivity index (χ3n) is 4.61. The molecule has 0 spiro atoms. The SMILES string of the molecule is CCC(=O)OC(C)O/C(=C(/C#N)c1ccc(C(C)(C)C)cc1)c1c(Cl)c(C)nn1C. The van der Waals surface area contributed by atoms with Gasteiger partial charge in [-0.3, -0.25) is 9.48 Å². The number of carbonyl (C=O) groups excluding carboxylic acids is 1. The van der Waals surface area contributed by atoms with Crippen LogP contribution in [0.15, 0.2) is 24.3 Å². The molecule has 30 heavy (non-hydrogen) atoms. The van der Waals surface area contributed by atoms with E-state index in [0.717, 1.165) is 5.56 Å². The molecule has 0 aliphatic heterocycles. The molecule has 1 unspecified atom stereocenters. The fourth-order valence-corrected chi connectivity index (χ4v) is 3.20. The predicted molar refractivity (Wildman–Crippen MR) is 117 cm³/mol. The van der Waals surface area contributed by atoms with Crippen molar-refractivity contribution in [3.05, 3.63) is 51.8 Å². The van der Waals surface area contributed by atoms with Crippen molar-refractivity contribution in [2.45, 2.75) is 59.7 Å². The highest BCUT2D eigenvalue weighted by molar-refractivity contribution is 6.33. The van der Waals surface area contributed by atoms with Gasteiger partial charge in [0.05, 0.1) is 10.7 Å². The Morgan fingerprint density at radius 1 is 1.27 bits per heavy atom. The number of rotatable bonds is 6. The summed E-state index contributed by atoms with van der Waals surface area (Å²) in [5, 5.41) is 14.7. The Morgan fingerprint density at radius 2 is 1.87 bits per heavy atom. The fourth-order valence-electron chi connectivity index (χ4n) is 2.95. The fraction of sp³-hybridized carbons (Fsp3) is 0.435. The van der Waals surface area contributed by atoms with Crippen molar-refractivity contribution in [3.8, 4) is 6.07 Å². The molecule has 0 amide bonds. The van der Waals surface area contributed by atoms with E-state index in [4.69, 9.17) is 21.1 Å². The topological polar surface area (TPSA) is 77.1 Å². The van der Waals surface area contributed by atoms with Gasteiger partial charge in [0.1, 0.15) is 17.3 Å². The molecule has 7 heteroatoms. The number of ether oxygens (including phenoxy) is 2. The van der Waals surface area contributed by atoms with Gasteiger partial charge in [-0.1, -0.05) is 63.6 Å². The van der Waals surface area contributed by atoms with Gasteiger partial charge in [-0.15, -0.1) is 0 Å². The van der Waals surface area contributed by atoms with Crippen LogP contribution in [0.5, 0.6) is 0 Å². The van der Waals surface area contributed by atoms with E-state index in [1.54, 1.807) is 32.5 Å². The van der Waals surface area contributed by atoms with Crippen LogP contribution < -0.4 is 0 Å². The highest BCUT2D eigenvalue weighted by atomic mass is 35.5. The molecule has 0 bridgehead atoms. The maximum absolute atomic E-state index is 11.7. The minimum atomic E-state index is -0.907. The Labute approximate surface area is 183 Å².